The maximum atomic E-state index is 15.0. The molecule has 0 spiro atoms. The van der Waals surface area contributed by atoms with Crippen LogP contribution < -0.4 is 4.74 Å². The van der Waals surface area contributed by atoms with E-state index in [1.807, 2.05) is 0 Å². The van der Waals surface area contributed by atoms with E-state index in [4.69, 9.17) is 16.3 Å². The molecule has 0 aromatic heterocycles. The van der Waals surface area contributed by atoms with Crippen LogP contribution in [0.15, 0.2) is 36.9 Å². The summed E-state index contributed by atoms with van der Waals surface area (Å²) < 4.78 is 35.1. The molecular weight excluding hydrogens is 418 g/mol. The number of piperazine rings is 1. The van der Waals surface area contributed by atoms with Crippen LogP contribution in [0.5, 0.6) is 11.5 Å². The minimum atomic E-state index is -0.963. The molecule has 30 heavy (non-hydrogen) atoms. The summed E-state index contributed by atoms with van der Waals surface area (Å²) >= 11 is 6.36. The van der Waals surface area contributed by atoms with Crippen LogP contribution >= 0.6 is 11.6 Å². The van der Waals surface area contributed by atoms with Crippen molar-refractivity contribution in [3.8, 4) is 22.6 Å². The van der Waals surface area contributed by atoms with Gasteiger partial charge in [-0.2, -0.15) is 0 Å². The highest BCUT2D eigenvalue weighted by molar-refractivity contribution is 6.35. The second-order valence-electron chi connectivity index (χ2n) is 7.01. The van der Waals surface area contributed by atoms with Crippen LogP contribution in [-0.2, 0) is 4.79 Å². The number of carbonyl (C=O) groups is 2. The Balaban J connectivity index is 1.78. The van der Waals surface area contributed by atoms with Crippen molar-refractivity contribution in [2.24, 2.45) is 0 Å². The van der Waals surface area contributed by atoms with E-state index >= 15 is 0 Å². The molecule has 156 valence electrons. The van der Waals surface area contributed by atoms with Gasteiger partial charge in [0.2, 0.25) is 5.91 Å². The van der Waals surface area contributed by atoms with Crippen molar-refractivity contribution in [1.29, 1.82) is 0 Å². The number of rotatable bonds is 2. The first-order valence-corrected chi connectivity index (χ1v) is 9.56. The number of halogens is 3. The number of phenols is 1. The van der Waals surface area contributed by atoms with Gasteiger partial charge in [-0.15, -0.1) is 0 Å². The van der Waals surface area contributed by atoms with Gasteiger partial charge in [0.05, 0.1) is 22.2 Å². The fourth-order valence-electron chi connectivity index (χ4n) is 3.82. The predicted octanol–water partition coefficient (Wildman–Crippen LogP) is 3.22. The van der Waals surface area contributed by atoms with Crippen molar-refractivity contribution >= 4 is 23.4 Å². The SMILES string of the molecule is C=CC(=O)N1CCN2C(=O)c3cc(F)c(-c4c(O)cccc4F)c(Cl)c3OC[C@H]2C1. The second kappa shape index (κ2) is 7.60. The van der Waals surface area contributed by atoms with Gasteiger partial charge in [-0.25, -0.2) is 8.78 Å². The third-order valence-electron chi connectivity index (χ3n) is 5.30. The lowest BCUT2D eigenvalue weighted by Gasteiger charge is -2.39. The number of hydrogen-bond acceptors (Lipinski definition) is 4. The van der Waals surface area contributed by atoms with Crippen molar-refractivity contribution in [2.75, 3.05) is 26.2 Å². The molecule has 0 bridgehead atoms. The van der Waals surface area contributed by atoms with Crippen LogP contribution in [0.2, 0.25) is 5.02 Å². The molecule has 0 unspecified atom stereocenters. The highest BCUT2D eigenvalue weighted by Gasteiger charge is 2.38. The van der Waals surface area contributed by atoms with Crippen LogP contribution in [0.4, 0.5) is 8.78 Å². The van der Waals surface area contributed by atoms with Gasteiger partial charge in [0, 0.05) is 25.2 Å². The molecule has 0 saturated carbocycles. The Morgan fingerprint density at radius 2 is 2.03 bits per heavy atom. The van der Waals surface area contributed by atoms with Crippen LogP contribution in [0.1, 0.15) is 10.4 Å². The van der Waals surface area contributed by atoms with Gasteiger partial charge >= 0.3 is 0 Å². The molecule has 6 nitrogen and oxygen atoms in total. The molecule has 2 aliphatic heterocycles. The fourth-order valence-corrected chi connectivity index (χ4v) is 4.16. The molecule has 2 aromatic carbocycles. The van der Waals surface area contributed by atoms with Gasteiger partial charge in [-0.3, -0.25) is 9.59 Å². The Morgan fingerprint density at radius 3 is 2.73 bits per heavy atom. The third-order valence-corrected chi connectivity index (χ3v) is 5.66. The molecule has 4 rings (SSSR count). The molecule has 0 aliphatic carbocycles. The number of benzene rings is 2. The Kier molecular flexibility index (Phi) is 5.11. The van der Waals surface area contributed by atoms with Gasteiger partial charge in [0.25, 0.3) is 5.91 Å². The van der Waals surface area contributed by atoms with Gasteiger partial charge in [0.15, 0.2) is 5.75 Å². The summed E-state index contributed by atoms with van der Waals surface area (Å²) in [4.78, 5) is 28.1. The minimum Gasteiger partial charge on any atom is -0.507 e. The van der Waals surface area contributed by atoms with E-state index in [1.54, 1.807) is 4.90 Å². The van der Waals surface area contributed by atoms with Gasteiger partial charge < -0.3 is 19.6 Å². The standard InChI is InChI=1S/C21H17ClF2N2O4/c1-2-16(28)25-6-7-26-11(9-25)10-30-20-12(21(26)29)8-14(24)18(19(20)22)17-13(23)4-3-5-15(17)27/h2-5,8,11,27H,1,6-7,9-10H2/t11-/m1/s1. The number of hydrogen-bond donors (Lipinski definition) is 1. The highest BCUT2D eigenvalue weighted by atomic mass is 35.5. The van der Waals surface area contributed by atoms with Gasteiger partial charge in [-0.1, -0.05) is 24.2 Å². The third kappa shape index (κ3) is 3.17. The maximum absolute atomic E-state index is 15.0. The summed E-state index contributed by atoms with van der Waals surface area (Å²) in [7, 11) is 0. The number of amides is 2. The molecule has 2 aliphatic rings. The zero-order valence-corrected chi connectivity index (χ0v) is 16.5. The van der Waals surface area contributed by atoms with Gasteiger partial charge in [0.1, 0.15) is 24.0 Å². The summed E-state index contributed by atoms with van der Waals surface area (Å²) in [5, 5.41) is 9.74. The van der Waals surface area contributed by atoms with Gasteiger partial charge in [-0.05, 0) is 24.3 Å². The molecule has 9 heteroatoms. The number of ether oxygens (including phenoxy) is 1. The Bertz CT molecular complexity index is 1060. The monoisotopic (exact) mass is 434 g/mol. The highest BCUT2D eigenvalue weighted by Crippen LogP contribution is 2.45. The number of nitrogens with zero attached hydrogens (tertiary/aromatic N) is 2. The normalized spacial score (nSPS) is 18.2. The summed E-state index contributed by atoms with van der Waals surface area (Å²) in [5.74, 6) is -3.17. The molecule has 2 amide bonds. The Morgan fingerprint density at radius 1 is 1.27 bits per heavy atom. The van der Waals surface area contributed by atoms with Crippen LogP contribution in [0, 0.1) is 11.6 Å². The lowest BCUT2D eigenvalue weighted by Crippen LogP contribution is -2.57. The van der Waals surface area contributed by atoms with Crippen LogP contribution in [0.3, 0.4) is 0 Å². The Hall–Kier alpha value is -3.13. The topological polar surface area (TPSA) is 70.1 Å². The molecule has 1 atom stereocenters. The average Bonchev–Trinajstić information content (AvgIpc) is 2.86. The van der Waals surface area contributed by atoms with Crippen LogP contribution in [0.25, 0.3) is 11.1 Å². The van der Waals surface area contributed by atoms with E-state index < -0.39 is 34.9 Å². The van der Waals surface area contributed by atoms with E-state index in [0.717, 1.165) is 12.1 Å². The number of phenolic OH excluding ortho intramolecular Hbond substituents is 1. The first kappa shape index (κ1) is 20.2. The molecule has 1 N–H and O–H groups in total. The molecule has 2 heterocycles. The number of carbonyl (C=O) groups excluding carboxylic acids is 2. The van der Waals surface area contributed by atoms with E-state index in [0.29, 0.717) is 6.54 Å². The van der Waals surface area contributed by atoms with E-state index in [9.17, 15) is 23.5 Å². The molecular formula is C21H17ClF2N2O4. The predicted molar refractivity (Wildman–Crippen MR) is 106 cm³/mol. The van der Waals surface area contributed by atoms with Crippen molar-refractivity contribution in [2.45, 2.75) is 6.04 Å². The second-order valence-corrected chi connectivity index (χ2v) is 7.39. The lowest BCUT2D eigenvalue weighted by atomic mass is 9.99. The zero-order chi connectivity index (χ0) is 21.6. The summed E-state index contributed by atoms with van der Waals surface area (Å²) in [5.41, 5.74) is -0.895. The quantitative estimate of drug-likeness (QED) is 0.737. The van der Waals surface area contributed by atoms with Crippen molar-refractivity contribution in [3.05, 3.63) is 59.1 Å². The first-order valence-electron chi connectivity index (χ1n) is 9.18. The fraction of sp³-hybridized carbons (Fsp3) is 0.238. The lowest BCUT2D eigenvalue weighted by molar-refractivity contribution is -0.128. The first-order chi connectivity index (χ1) is 14.3. The number of aromatic hydroxyl groups is 1. The summed E-state index contributed by atoms with van der Waals surface area (Å²) in [6, 6.07) is 4.02. The van der Waals surface area contributed by atoms with E-state index in [1.165, 1.54) is 23.1 Å². The Labute approximate surface area is 175 Å². The van der Waals surface area contributed by atoms with Crippen molar-refractivity contribution in [3.63, 3.8) is 0 Å². The number of fused-ring (bicyclic) bond motifs is 2. The van der Waals surface area contributed by atoms with E-state index in [-0.39, 0.29) is 47.5 Å². The summed E-state index contributed by atoms with van der Waals surface area (Å²) in [6.07, 6.45) is 1.20. The molecule has 1 saturated heterocycles. The molecule has 2 aromatic rings. The largest absolute Gasteiger partial charge is 0.507 e. The minimum absolute atomic E-state index is 0.00765. The van der Waals surface area contributed by atoms with Crippen LogP contribution in [-0.4, -0.2) is 59.0 Å². The maximum Gasteiger partial charge on any atom is 0.258 e. The smallest absolute Gasteiger partial charge is 0.258 e. The molecule has 1 fully saturated rings. The van der Waals surface area contributed by atoms with Crippen molar-refractivity contribution < 1.29 is 28.2 Å². The van der Waals surface area contributed by atoms with E-state index in [2.05, 4.69) is 6.58 Å². The average molecular weight is 435 g/mol. The zero-order valence-electron chi connectivity index (χ0n) is 15.7. The van der Waals surface area contributed by atoms with Crippen molar-refractivity contribution in [1.82, 2.24) is 9.80 Å². The summed E-state index contributed by atoms with van der Waals surface area (Å²) in [6.45, 7) is 4.24. The molecule has 0 radical (unpaired) electrons.